The Kier molecular flexibility index (Phi) is 4.14. The van der Waals surface area contributed by atoms with Crippen molar-refractivity contribution < 1.29 is 4.39 Å². The van der Waals surface area contributed by atoms with Crippen LogP contribution in [0.5, 0.6) is 0 Å². The monoisotopic (exact) mass is 242 g/mol. The summed E-state index contributed by atoms with van der Waals surface area (Å²) in [4.78, 5) is 0. The Morgan fingerprint density at radius 1 is 0.944 bits per heavy atom. The third kappa shape index (κ3) is 2.79. The second-order valence-electron chi connectivity index (χ2n) is 4.61. The molecule has 0 fully saturated rings. The van der Waals surface area contributed by atoms with Gasteiger partial charge in [-0.05, 0) is 41.7 Å². The summed E-state index contributed by atoms with van der Waals surface area (Å²) in [6.45, 7) is 4.34. The first-order valence-electron chi connectivity index (χ1n) is 6.59. The van der Waals surface area contributed by atoms with E-state index in [0.717, 1.165) is 12.8 Å². The Labute approximate surface area is 108 Å². The van der Waals surface area contributed by atoms with Crippen LogP contribution in [0.2, 0.25) is 0 Å². The fourth-order valence-corrected chi connectivity index (χ4v) is 2.39. The molecule has 0 amide bonds. The fourth-order valence-electron chi connectivity index (χ4n) is 2.39. The largest absolute Gasteiger partial charge is 0.207 e. The summed E-state index contributed by atoms with van der Waals surface area (Å²) >= 11 is 0. The van der Waals surface area contributed by atoms with Gasteiger partial charge >= 0.3 is 0 Å². The lowest BCUT2D eigenvalue weighted by atomic mass is 9.88. The van der Waals surface area contributed by atoms with E-state index in [-0.39, 0.29) is 5.82 Å². The van der Waals surface area contributed by atoms with Crippen LogP contribution in [0, 0.1) is 5.82 Å². The van der Waals surface area contributed by atoms with Gasteiger partial charge in [0, 0.05) is 5.92 Å². The van der Waals surface area contributed by atoms with E-state index >= 15 is 0 Å². The van der Waals surface area contributed by atoms with Crippen molar-refractivity contribution in [2.45, 2.75) is 32.6 Å². The molecule has 0 aliphatic rings. The summed E-state index contributed by atoms with van der Waals surface area (Å²) in [5, 5.41) is 0. The zero-order chi connectivity index (χ0) is 13.0. The molecule has 0 aromatic heterocycles. The maximum absolute atomic E-state index is 13.0. The smallest absolute Gasteiger partial charge is 0.123 e. The molecule has 1 unspecified atom stereocenters. The second kappa shape index (κ2) is 5.81. The van der Waals surface area contributed by atoms with Crippen molar-refractivity contribution in [3.63, 3.8) is 0 Å². The van der Waals surface area contributed by atoms with Crippen molar-refractivity contribution in [2.75, 3.05) is 0 Å². The van der Waals surface area contributed by atoms with E-state index in [1.807, 2.05) is 12.1 Å². The average Bonchev–Trinajstić information content (AvgIpc) is 2.42. The van der Waals surface area contributed by atoms with Gasteiger partial charge in [-0.15, -0.1) is 0 Å². The Bertz CT molecular complexity index is 499. The van der Waals surface area contributed by atoms with Crippen LogP contribution in [0.3, 0.4) is 0 Å². The van der Waals surface area contributed by atoms with Crippen molar-refractivity contribution in [1.82, 2.24) is 0 Å². The van der Waals surface area contributed by atoms with E-state index < -0.39 is 0 Å². The number of hydrogen-bond acceptors (Lipinski definition) is 0. The van der Waals surface area contributed by atoms with Gasteiger partial charge in [-0.25, -0.2) is 4.39 Å². The van der Waals surface area contributed by atoms with Crippen LogP contribution < -0.4 is 0 Å². The molecule has 0 radical (unpaired) electrons. The third-order valence-corrected chi connectivity index (χ3v) is 3.44. The molecule has 1 heteroatoms. The Balaban J connectivity index is 2.35. The quantitative estimate of drug-likeness (QED) is 0.713. The predicted molar refractivity (Wildman–Crippen MR) is 74.4 cm³/mol. The van der Waals surface area contributed by atoms with Gasteiger partial charge in [0.2, 0.25) is 0 Å². The standard InChI is InChI=1S/C17H19F/c1-3-13-6-5-7-15(12-13)17(4-2)14-8-10-16(18)11-9-14/h5-12,17H,3-4H2,1-2H3. The van der Waals surface area contributed by atoms with Crippen molar-refractivity contribution in [1.29, 1.82) is 0 Å². The molecule has 2 aromatic carbocycles. The van der Waals surface area contributed by atoms with Crippen molar-refractivity contribution >= 4 is 0 Å². The van der Waals surface area contributed by atoms with Crippen LogP contribution >= 0.6 is 0 Å². The molecular weight excluding hydrogens is 223 g/mol. The van der Waals surface area contributed by atoms with Crippen molar-refractivity contribution in [2.24, 2.45) is 0 Å². The number of hydrogen-bond donors (Lipinski definition) is 0. The SMILES string of the molecule is CCc1cccc(C(CC)c2ccc(F)cc2)c1. The zero-order valence-electron chi connectivity index (χ0n) is 11.0. The molecule has 0 nitrogen and oxygen atoms in total. The molecular formula is C17H19F. The normalized spacial score (nSPS) is 12.4. The molecule has 94 valence electrons. The summed E-state index contributed by atoms with van der Waals surface area (Å²) in [5.41, 5.74) is 3.86. The summed E-state index contributed by atoms with van der Waals surface area (Å²) in [6, 6.07) is 15.6. The molecule has 0 saturated carbocycles. The lowest BCUT2D eigenvalue weighted by Crippen LogP contribution is -2.00. The highest BCUT2D eigenvalue weighted by Gasteiger charge is 2.12. The van der Waals surface area contributed by atoms with E-state index in [0.29, 0.717) is 5.92 Å². The van der Waals surface area contributed by atoms with Gasteiger partial charge in [0.05, 0.1) is 0 Å². The van der Waals surface area contributed by atoms with Crippen LogP contribution in [-0.4, -0.2) is 0 Å². The molecule has 2 aromatic rings. The molecule has 0 heterocycles. The van der Waals surface area contributed by atoms with Gasteiger partial charge in [-0.3, -0.25) is 0 Å². The van der Waals surface area contributed by atoms with Gasteiger partial charge in [0.25, 0.3) is 0 Å². The lowest BCUT2D eigenvalue weighted by Gasteiger charge is -2.16. The van der Waals surface area contributed by atoms with Gasteiger partial charge in [-0.2, -0.15) is 0 Å². The van der Waals surface area contributed by atoms with Crippen LogP contribution in [0.4, 0.5) is 4.39 Å². The van der Waals surface area contributed by atoms with Crippen LogP contribution in [0.25, 0.3) is 0 Å². The van der Waals surface area contributed by atoms with E-state index in [1.54, 1.807) is 12.1 Å². The first-order valence-corrected chi connectivity index (χ1v) is 6.59. The highest BCUT2D eigenvalue weighted by molar-refractivity contribution is 5.34. The third-order valence-electron chi connectivity index (χ3n) is 3.44. The van der Waals surface area contributed by atoms with Crippen LogP contribution in [-0.2, 0) is 6.42 Å². The highest BCUT2D eigenvalue weighted by atomic mass is 19.1. The molecule has 0 spiro atoms. The molecule has 1 atom stereocenters. The summed E-state index contributed by atoms with van der Waals surface area (Å²) in [7, 11) is 0. The molecule has 18 heavy (non-hydrogen) atoms. The summed E-state index contributed by atoms with van der Waals surface area (Å²) in [6.07, 6.45) is 2.08. The second-order valence-corrected chi connectivity index (χ2v) is 4.61. The first kappa shape index (κ1) is 12.8. The topological polar surface area (TPSA) is 0 Å². The van der Waals surface area contributed by atoms with E-state index in [4.69, 9.17) is 0 Å². The molecule has 0 saturated heterocycles. The molecule has 0 bridgehead atoms. The van der Waals surface area contributed by atoms with E-state index in [9.17, 15) is 4.39 Å². The maximum atomic E-state index is 13.0. The van der Waals surface area contributed by atoms with Crippen molar-refractivity contribution in [3.8, 4) is 0 Å². The number of benzene rings is 2. The Hall–Kier alpha value is -1.63. The van der Waals surface area contributed by atoms with Crippen LogP contribution in [0.15, 0.2) is 48.5 Å². The summed E-state index contributed by atoms with van der Waals surface area (Å²) < 4.78 is 13.0. The summed E-state index contributed by atoms with van der Waals surface area (Å²) in [5.74, 6) is 0.188. The first-order chi connectivity index (χ1) is 8.74. The number of rotatable bonds is 4. The number of aryl methyl sites for hydroxylation is 1. The van der Waals surface area contributed by atoms with Gasteiger partial charge < -0.3 is 0 Å². The zero-order valence-corrected chi connectivity index (χ0v) is 11.0. The lowest BCUT2D eigenvalue weighted by molar-refractivity contribution is 0.625. The molecule has 2 rings (SSSR count). The minimum absolute atomic E-state index is 0.170. The molecule has 0 aliphatic carbocycles. The average molecular weight is 242 g/mol. The van der Waals surface area contributed by atoms with Gasteiger partial charge in [0.15, 0.2) is 0 Å². The Morgan fingerprint density at radius 3 is 2.28 bits per heavy atom. The van der Waals surface area contributed by atoms with Gasteiger partial charge in [-0.1, -0.05) is 50.2 Å². The minimum Gasteiger partial charge on any atom is -0.207 e. The van der Waals surface area contributed by atoms with Crippen molar-refractivity contribution in [3.05, 3.63) is 71.0 Å². The van der Waals surface area contributed by atoms with Gasteiger partial charge in [0.1, 0.15) is 5.82 Å². The predicted octanol–water partition coefficient (Wildman–Crippen LogP) is 4.93. The maximum Gasteiger partial charge on any atom is 0.123 e. The minimum atomic E-state index is -0.170. The number of halogens is 1. The van der Waals surface area contributed by atoms with Crippen LogP contribution in [0.1, 0.15) is 42.9 Å². The fraction of sp³-hybridized carbons (Fsp3) is 0.294. The highest BCUT2D eigenvalue weighted by Crippen LogP contribution is 2.28. The Morgan fingerprint density at radius 2 is 1.67 bits per heavy atom. The van der Waals surface area contributed by atoms with E-state index in [1.165, 1.54) is 16.7 Å². The molecule has 0 aliphatic heterocycles. The molecule has 0 N–H and O–H groups in total. The van der Waals surface area contributed by atoms with E-state index in [2.05, 4.69) is 38.1 Å².